The zero-order valence-electron chi connectivity index (χ0n) is 34.3. The Morgan fingerprint density at radius 1 is 0.161 bits per heavy atom. The Morgan fingerprint density at radius 2 is 0.387 bits per heavy atom. The molecule has 0 amide bonds. The van der Waals surface area contributed by atoms with Crippen molar-refractivity contribution >= 4 is 34.1 Å². The topological polar surface area (TPSA) is 6.48 Å². The Hall–Kier alpha value is -8.20. The molecule has 0 radical (unpaired) electrons. The number of hydrogen-bond donors (Lipinski definition) is 0. The van der Waals surface area contributed by atoms with Crippen molar-refractivity contribution < 1.29 is 0 Å². The minimum Gasteiger partial charge on any atom is -0.309 e. The highest BCUT2D eigenvalue weighted by molar-refractivity contribution is 5.99. The number of hydrogen-bond acceptors (Lipinski definition) is 2. The molecule has 0 heterocycles. The molecule has 0 saturated carbocycles. The maximum absolute atomic E-state index is 2.41. The fraction of sp³-hybridized carbons (Fsp3) is 0. The largest absolute Gasteiger partial charge is 0.309 e. The van der Waals surface area contributed by atoms with Crippen LogP contribution in [0.15, 0.2) is 267 Å². The number of anilines is 6. The Kier molecular flexibility index (Phi) is 10.8. The van der Waals surface area contributed by atoms with Gasteiger partial charge in [0, 0.05) is 45.0 Å². The molecule has 0 aromatic heterocycles. The molecule has 10 aromatic carbocycles. The molecule has 10 aromatic rings. The number of para-hydroxylation sites is 4. The van der Waals surface area contributed by atoms with Gasteiger partial charge in [0.25, 0.3) is 0 Å². The van der Waals surface area contributed by atoms with E-state index in [9.17, 15) is 0 Å². The second-order valence-electron chi connectivity index (χ2n) is 15.3. The molecule has 0 unspecified atom stereocenters. The molecule has 0 aliphatic carbocycles. The summed E-state index contributed by atoms with van der Waals surface area (Å²) in [7, 11) is 0. The summed E-state index contributed by atoms with van der Waals surface area (Å²) in [4.78, 5) is 4.81. The highest BCUT2D eigenvalue weighted by Gasteiger charge is 2.23. The predicted octanol–water partition coefficient (Wildman–Crippen LogP) is 17.0. The predicted molar refractivity (Wildman–Crippen MR) is 263 cm³/mol. The molecule has 10 rings (SSSR count). The van der Waals surface area contributed by atoms with Crippen LogP contribution in [0.4, 0.5) is 34.1 Å². The van der Waals surface area contributed by atoms with E-state index in [2.05, 4.69) is 277 Å². The molecule has 0 spiro atoms. The summed E-state index contributed by atoms with van der Waals surface area (Å²) >= 11 is 0. The molecule has 294 valence electrons. The highest BCUT2D eigenvalue weighted by atomic mass is 15.2. The van der Waals surface area contributed by atoms with E-state index in [1.165, 1.54) is 44.5 Å². The first kappa shape index (κ1) is 38.0. The average Bonchev–Trinajstić information content (AvgIpc) is 3.36. The van der Waals surface area contributed by atoms with Crippen molar-refractivity contribution in [2.24, 2.45) is 0 Å². The summed E-state index contributed by atoms with van der Waals surface area (Å²) in [5, 5.41) is 0. The molecule has 0 fully saturated rings. The van der Waals surface area contributed by atoms with Crippen LogP contribution in [0.1, 0.15) is 0 Å². The quantitative estimate of drug-likeness (QED) is 0.129. The van der Waals surface area contributed by atoms with E-state index in [-0.39, 0.29) is 0 Å². The third kappa shape index (κ3) is 7.70. The van der Waals surface area contributed by atoms with Gasteiger partial charge in [0.15, 0.2) is 0 Å². The average molecular weight is 793 g/mol. The lowest BCUT2D eigenvalue weighted by Gasteiger charge is -2.31. The minimum absolute atomic E-state index is 1.08. The molecular weight excluding hydrogens is 749 g/mol. The van der Waals surface area contributed by atoms with Crippen LogP contribution in [-0.2, 0) is 0 Å². The maximum atomic E-state index is 2.41. The van der Waals surface area contributed by atoms with E-state index in [1.807, 2.05) is 0 Å². The van der Waals surface area contributed by atoms with Crippen LogP contribution in [0.3, 0.4) is 0 Å². The van der Waals surface area contributed by atoms with Gasteiger partial charge in [0.05, 0.1) is 11.4 Å². The van der Waals surface area contributed by atoms with Crippen molar-refractivity contribution in [2.75, 3.05) is 9.80 Å². The number of rotatable bonds is 11. The third-order valence-corrected chi connectivity index (χ3v) is 11.5. The van der Waals surface area contributed by atoms with E-state index in [4.69, 9.17) is 0 Å². The van der Waals surface area contributed by atoms with Crippen molar-refractivity contribution in [2.45, 2.75) is 0 Å². The van der Waals surface area contributed by atoms with Crippen molar-refractivity contribution in [1.29, 1.82) is 0 Å². The fourth-order valence-electron chi connectivity index (χ4n) is 8.55. The zero-order chi connectivity index (χ0) is 41.5. The molecule has 62 heavy (non-hydrogen) atoms. The molecule has 2 heteroatoms. The lowest BCUT2D eigenvalue weighted by Crippen LogP contribution is -2.13. The van der Waals surface area contributed by atoms with Gasteiger partial charge in [-0.05, 0) is 81.9 Å². The van der Waals surface area contributed by atoms with E-state index >= 15 is 0 Å². The molecule has 0 N–H and O–H groups in total. The first-order chi connectivity index (χ1) is 30.8. The van der Waals surface area contributed by atoms with Crippen molar-refractivity contribution in [1.82, 2.24) is 0 Å². The van der Waals surface area contributed by atoms with Crippen LogP contribution in [0.5, 0.6) is 0 Å². The Bertz CT molecular complexity index is 2680. The summed E-state index contributed by atoms with van der Waals surface area (Å²) in [6.45, 7) is 0. The molecule has 2 nitrogen and oxygen atoms in total. The summed E-state index contributed by atoms with van der Waals surface area (Å²) in [5.41, 5.74) is 18.3. The van der Waals surface area contributed by atoms with Gasteiger partial charge in [-0.2, -0.15) is 0 Å². The minimum atomic E-state index is 1.08. The summed E-state index contributed by atoms with van der Waals surface area (Å²) in [6.07, 6.45) is 0. The van der Waals surface area contributed by atoms with Gasteiger partial charge in [0.1, 0.15) is 0 Å². The summed E-state index contributed by atoms with van der Waals surface area (Å²) < 4.78 is 0. The smallest absolute Gasteiger partial charge is 0.0618 e. The van der Waals surface area contributed by atoms with Gasteiger partial charge in [-0.25, -0.2) is 0 Å². The van der Waals surface area contributed by atoms with E-state index in [0.29, 0.717) is 0 Å². The standard InChI is InChI=1S/C60H44N2/c1-7-21-47(22-8-1)55-33-19-34-56(48-23-9-2-10-24-48)59(55)61(51-29-15-5-16-30-51)53-41-37-45(38-42-53)46-39-43-54(44-40-46)62(52-31-17-6-18-32-52)60-57(49-25-11-3-12-26-49)35-20-36-58(60)50-27-13-4-14-28-50/h1-44H. The Morgan fingerprint density at radius 3 is 0.645 bits per heavy atom. The lowest BCUT2D eigenvalue weighted by molar-refractivity contribution is 1.28. The molecule has 0 aliphatic rings. The SMILES string of the molecule is c1ccc(-c2cccc(-c3ccccc3)c2N(c2ccccc2)c2ccc(-c3ccc(N(c4ccccc4)c4c(-c5ccccc5)cccc4-c4ccccc4)cc3)cc2)cc1. The van der Waals surface area contributed by atoms with Crippen LogP contribution in [0.2, 0.25) is 0 Å². The van der Waals surface area contributed by atoms with Gasteiger partial charge in [-0.3, -0.25) is 0 Å². The van der Waals surface area contributed by atoms with Gasteiger partial charge >= 0.3 is 0 Å². The Balaban J connectivity index is 1.07. The van der Waals surface area contributed by atoms with Crippen molar-refractivity contribution in [3.05, 3.63) is 267 Å². The van der Waals surface area contributed by atoms with Crippen molar-refractivity contribution in [3.63, 3.8) is 0 Å². The first-order valence-corrected chi connectivity index (χ1v) is 21.2. The fourth-order valence-corrected chi connectivity index (χ4v) is 8.55. The van der Waals surface area contributed by atoms with Crippen LogP contribution in [0.25, 0.3) is 55.6 Å². The van der Waals surface area contributed by atoms with E-state index < -0.39 is 0 Å². The van der Waals surface area contributed by atoms with Gasteiger partial charge in [-0.15, -0.1) is 0 Å². The van der Waals surface area contributed by atoms with E-state index in [0.717, 1.165) is 45.3 Å². The zero-order valence-corrected chi connectivity index (χ0v) is 34.3. The maximum Gasteiger partial charge on any atom is 0.0618 e. The highest BCUT2D eigenvalue weighted by Crippen LogP contribution is 2.48. The van der Waals surface area contributed by atoms with Crippen LogP contribution < -0.4 is 9.80 Å². The normalized spacial score (nSPS) is 10.9. The first-order valence-electron chi connectivity index (χ1n) is 21.2. The molecule has 0 saturated heterocycles. The molecule has 0 atom stereocenters. The molecule has 0 aliphatic heterocycles. The van der Waals surface area contributed by atoms with Crippen LogP contribution in [0, 0.1) is 0 Å². The number of benzene rings is 10. The van der Waals surface area contributed by atoms with Gasteiger partial charge in [0.2, 0.25) is 0 Å². The second-order valence-corrected chi connectivity index (χ2v) is 15.3. The summed E-state index contributed by atoms with van der Waals surface area (Å²) in [6, 6.07) is 95.6. The molecular formula is C60H44N2. The lowest BCUT2D eigenvalue weighted by atomic mass is 9.94. The van der Waals surface area contributed by atoms with Gasteiger partial charge in [-0.1, -0.05) is 218 Å². The second kappa shape index (κ2) is 17.6. The molecule has 0 bridgehead atoms. The van der Waals surface area contributed by atoms with Gasteiger partial charge < -0.3 is 9.80 Å². The van der Waals surface area contributed by atoms with Crippen molar-refractivity contribution in [3.8, 4) is 55.6 Å². The third-order valence-electron chi connectivity index (χ3n) is 11.5. The monoisotopic (exact) mass is 792 g/mol. The van der Waals surface area contributed by atoms with Crippen LogP contribution in [-0.4, -0.2) is 0 Å². The van der Waals surface area contributed by atoms with Crippen LogP contribution >= 0.6 is 0 Å². The van der Waals surface area contributed by atoms with E-state index in [1.54, 1.807) is 0 Å². The Labute approximate surface area is 364 Å². The summed E-state index contributed by atoms with van der Waals surface area (Å²) in [5.74, 6) is 0. The number of nitrogens with zero attached hydrogens (tertiary/aromatic N) is 2.